The lowest BCUT2D eigenvalue weighted by atomic mass is 10.2. The number of benzene rings is 1. The Balaban J connectivity index is 2.45. The Morgan fingerprint density at radius 1 is 1.24 bits per heavy atom. The highest BCUT2D eigenvalue weighted by Gasteiger charge is 2.13. The van der Waals surface area contributed by atoms with Gasteiger partial charge in [-0.15, -0.1) is 0 Å². The Kier molecular flexibility index (Phi) is 5.27. The van der Waals surface area contributed by atoms with Crippen LogP contribution >= 0.6 is 11.6 Å². The van der Waals surface area contributed by atoms with E-state index in [0.717, 1.165) is 6.42 Å². The summed E-state index contributed by atoms with van der Waals surface area (Å²) >= 11 is 6.09. The van der Waals surface area contributed by atoms with Crippen molar-refractivity contribution in [3.8, 4) is 17.4 Å². The molecule has 7 heteroatoms. The van der Waals surface area contributed by atoms with Crippen molar-refractivity contribution in [1.82, 2.24) is 15.0 Å². The molecule has 0 aliphatic rings. The van der Waals surface area contributed by atoms with Crippen LogP contribution in [0.2, 0.25) is 5.02 Å². The maximum atomic E-state index is 13.4. The molecular formula is C14H16ClFN4O. The Morgan fingerprint density at radius 2 is 2.05 bits per heavy atom. The molecule has 0 aliphatic carbocycles. The minimum Gasteiger partial charge on any atom is -0.464 e. The van der Waals surface area contributed by atoms with Gasteiger partial charge >= 0.3 is 6.01 Å². The second kappa shape index (κ2) is 7.17. The first-order chi connectivity index (χ1) is 10.1. The van der Waals surface area contributed by atoms with E-state index >= 15 is 0 Å². The van der Waals surface area contributed by atoms with Gasteiger partial charge in [0.1, 0.15) is 5.82 Å². The van der Waals surface area contributed by atoms with Crippen LogP contribution in [0.15, 0.2) is 18.2 Å². The average molecular weight is 311 g/mol. The fourth-order valence-corrected chi connectivity index (χ4v) is 1.86. The zero-order valence-corrected chi connectivity index (χ0v) is 12.6. The van der Waals surface area contributed by atoms with Crippen molar-refractivity contribution < 1.29 is 9.13 Å². The van der Waals surface area contributed by atoms with E-state index in [4.69, 9.17) is 16.3 Å². The molecule has 21 heavy (non-hydrogen) atoms. The smallest absolute Gasteiger partial charge is 0.321 e. The van der Waals surface area contributed by atoms with Crippen molar-refractivity contribution in [2.24, 2.45) is 0 Å². The van der Waals surface area contributed by atoms with Crippen LogP contribution in [0.3, 0.4) is 0 Å². The van der Waals surface area contributed by atoms with Crippen LogP contribution in [0.5, 0.6) is 6.01 Å². The molecule has 1 heterocycles. The van der Waals surface area contributed by atoms with Gasteiger partial charge in [-0.2, -0.15) is 15.0 Å². The summed E-state index contributed by atoms with van der Waals surface area (Å²) in [6, 6.07) is 4.22. The third kappa shape index (κ3) is 4.01. The summed E-state index contributed by atoms with van der Waals surface area (Å²) in [4.78, 5) is 12.6. The summed E-state index contributed by atoms with van der Waals surface area (Å²) in [5.74, 6) is 0.248. The molecule has 1 N–H and O–H groups in total. The lowest BCUT2D eigenvalue weighted by Crippen LogP contribution is -2.08. The second-order valence-corrected chi connectivity index (χ2v) is 4.66. The normalized spacial score (nSPS) is 10.5. The lowest BCUT2D eigenvalue weighted by molar-refractivity contribution is 0.312. The van der Waals surface area contributed by atoms with Crippen molar-refractivity contribution in [2.45, 2.75) is 20.3 Å². The molecule has 0 fully saturated rings. The first kappa shape index (κ1) is 15.4. The topological polar surface area (TPSA) is 59.9 Å². The van der Waals surface area contributed by atoms with E-state index in [1.54, 1.807) is 0 Å². The van der Waals surface area contributed by atoms with Gasteiger partial charge in [0, 0.05) is 12.1 Å². The maximum Gasteiger partial charge on any atom is 0.321 e. The minimum absolute atomic E-state index is 0.182. The van der Waals surface area contributed by atoms with Crippen LogP contribution in [0.25, 0.3) is 11.4 Å². The number of rotatable bonds is 6. The van der Waals surface area contributed by atoms with Gasteiger partial charge in [0.2, 0.25) is 5.95 Å². The Morgan fingerprint density at radius 3 is 2.76 bits per heavy atom. The largest absolute Gasteiger partial charge is 0.464 e. The zero-order valence-electron chi connectivity index (χ0n) is 11.9. The van der Waals surface area contributed by atoms with Gasteiger partial charge in [0.25, 0.3) is 0 Å². The number of nitrogens with one attached hydrogen (secondary N) is 1. The van der Waals surface area contributed by atoms with Crippen LogP contribution in [0, 0.1) is 5.82 Å². The molecule has 0 bridgehead atoms. The quantitative estimate of drug-likeness (QED) is 0.884. The first-order valence-electron chi connectivity index (χ1n) is 6.72. The fraction of sp³-hybridized carbons (Fsp3) is 0.357. The van der Waals surface area contributed by atoms with Gasteiger partial charge in [0.15, 0.2) is 5.82 Å². The third-order valence-electron chi connectivity index (χ3n) is 2.59. The molecule has 0 atom stereocenters. The van der Waals surface area contributed by atoms with Crippen LogP contribution in [0.4, 0.5) is 10.3 Å². The molecule has 0 saturated carbocycles. The first-order valence-corrected chi connectivity index (χ1v) is 7.10. The van der Waals surface area contributed by atoms with Crippen molar-refractivity contribution >= 4 is 17.5 Å². The second-order valence-electron chi connectivity index (χ2n) is 4.25. The summed E-state index contributed by atoms with van der Waals surface area (Å²) in [5, 5.41) is 3.43. The molecule has 0 radical (unpaired) electrons. The van der Waals surface area contributed by atoms with E-state index in [1.165, 1.54) is 18.2 Å². The molecule has 1 aromatic heterocycles. The van der Waals surface area contributed by atoms with Crippen LogP contribution in [0.1, 0.15) is 20.3 Å². The molecule has 2 rings (SSSR count). The van der Waals surface area contributed by atoms with E-state index in [1.807, 2.05) is 13.8 Å². The summed E-state index contributed by atoms with van der Waals surface area (Å²) < 4.78 is 18.7. The Hall–Kier alpha value is -1.95. The maximum absolute atomic E-state index is 13.4. The number of ether oxygens (including phenoxy) is 1. The third-order valence-corrected chi connectivity index (χ3v) is 2.92. The summed E-state index contributed by atoms with van der Waals surface area (Å²) in [6.07, 6.45) is 0.922. The standard InChI is InChI=1S/C14H16ClFN4O/c1-3-7-17-13-18-12(19-14(20-13)21-4-2)10-8-9(16)5-6-11(10)15/h5-6,8H,3-4,7H2,1-2H3,(H,17,18,19,20). The highest BCUT2D eigenvalue weighted by Crippen LogP contribution is 2.27. The minimum atomic E-state index is -0.407. The Labute approximate surface area is 127 Å². The number of aromatic nitrogens is 3. The molecule has 0 aliphatic heterocycles. The molecular weight excluding hydrogens is 295 g/mol. The van der Waals surface area contributed by atoms with Crippen LogP contribution < -0.4 is 10.1 Å². The number of nitrogens with zero attached hydrogens (tertiary/aromatic N) is 3. The predicted octanol–water partition coefficient (Wildman–Crippen LogP) is 3.55. The molecule has 112 valence electrons. The number of halogens is 2. The molecule has 0 saturated heterocycles. The molecule has 0 spiro atoms. The van der Waals surface area contributed by atoms with Gasteiger partial charge in [0.05, 0.1) is 11.6 Å². The molecule has 0 amide bonds. The van der Waals surface area contributed by atoms with E-state index in [9.17, 15) is 4.39 Å². The number of hydrogen-bond donors (Lipinski definition) is 1. The molecule has 5 nitrogen and oxygen atoms in total. The van der Waals surface area contributed by atoms with Crippen LogP contribution in [-0.2, 0) is 0 Å². The van der Waals surface area contributed by atoms with E-state index in [0.29, 0.717) is 29.7 Å². The van der Waals surface area contributed by atoms with Gasteiger partial charge in [-0.1, -0.05) is 18.5 Å². The van der Waals surface area contributed by atoms with Gasteiger partial charge in [-0.25, -0.2) is 4.39 Å². The molecule has 1 aromatic carbocycles. The summed E-state index contributed by atoms with van der Waals surface area (Å²) in [7, 11) is 0. The number of anilines is 1. The average Bonchev–Trinajstić information content (AvgIpc) is 2.48. The van der Waals surface area contributed by atoms with Crippen molar-refractivity contribution in [3.63, 3.8) is 0 Å². The fourth-order valence-electron chi connectivity index (χ4n) is 1.66. The van der Waals surface area contributed by atoms with Gasteiger partial charge in [-0.3, -0.25) is 0 Å². The van der Waals surface area contributed by atoms with Crippen molar-refractivity contribution in [3.05, 3.63) is 29.0 Å². The van der Waals surface area contributed by atoms with Crippen molar-refractivity contribution in [1.29, 1.82) is 0 Å². The van der Waals surface area contributed by atoms with E-state index in [2.05, 4.69) is 20.3 Å². The summed E-state index contributed by atoms with van der Waals surface area (Å²) in [6.45, 7) is 5.00. The highest BCUT2D eigenvalue weighted by atomic mass is 35.5. The van der Waals surface area contributed by atoms with E-state index in [-0.39, 0.29) is 11.8 Å². The van der Waals surface area contributed by atoms with Gasteiger partial charge in [-0.05, 0) is 31.5 Å². The number of hydrogen-bond acceptors (Lipinski definition) is 5. The SMILES string of the molecule is CCCNc1nc(OCC)nc(-c2cc(F)ccc2Cl)n1. The van der Waals surface area contributed by atoms with E-state index < -0.39 is 5.82 Å². The Bertz CT molecular complexity index is 624. The molecule has 2 aromatic rings. The zero-order chi connectivity index (χ0) is 15.2. The predicted molar refractivity (Wildman–Crippen MR) is 80.2 cm³/mol. The summed E-state index contributed by atoms with van der Waals surface area (Å²) in [5.41, 5.74) is 0.402. The van der Waals surface area contributed by atoms with Crippen molar-refractivity contribution in [2.75, 3.05) is 18.5 Å². The molecule has 0 unspecified atom stereocenters. The highest BCUT2D eigenvalue weighted by molar-refractivity contribution is 6.33. The van der Waals surface area contributed by atoms with Gasteiger partial charge < -0.3 is 10.1 Å². The monoisotopic (exact) mass is 310 g/mol. The van der Waals surface area contributed by atoms with Crippen LogP contribution in [-0.4, -0.2) is 28.1 Å². The lowest BCUT2D eigenvalue weighted by Gasteiger charge is -2.09.